The summed E-state index contributed by atoms with van der Waals surface area (Å²) in [6, 6.07) is 55.9. The standard InChI is InChI=1S/C49H33N3OS/c1-49(2)38-19-9-6-17-35(38)44-39(49)27-28-43-47(44)53-46-36(18-12-22-42(46)54-43)48-50-29-37(30-13-4-3-5-14-30)45(51-48)31-23-25-32(26-24-31)52-40-20-10-7-15-33(40)34-16-8-11-21-41(34)52/h3-29H,1-2H3. The molecule has 7 aromatic carbocycles. The molecule has 11 rings (SSSR count). The van der Waals surface area contributed by atoms with E-state index in [1.165, 1.54) is 44.1 Å². The number of hydrogen-bond acceptors (Lipinski definition) is 4. The molecule has 4 nitrogen and oxygen atoms in total. The Morgan fingerprint density at radius 2 is 1.20 bits per heavy atom. The second-order valence-corrected chi connectivity index (χ2v) is 15.6. The van der Waals surface area contributed by atoms with E-state index in [-0.39, 0.29) is 5.41 Å². The van der Waals surface area contributed by atoms with Gasteiger partial charge in [0.25, 0.3) is 0 Å². The average Bonchev–Trinajstić information content (AvgIpc) is 3.68. The van der Waals surface area contributed by atoms with Crippen LogP contribution in [0.5, 0.6) is 11.5 Å². The zero-order valence-electron chi connectivity index (χ0n) is 29.7. The van der Waals surface area contributed by atoms with Gasteiger partial charge in [-0.2, -0.15) is 0 Å². The number of rotatable bonds is 4. The predicted octanol–water partition coefficient (Wildman–Crippen LogP) is 13.1. The Morgan fingerprint density at radius 1 is 0.537 bits per heavy atom. The number of hydrogen-bond donors (Lipinski definition) is 0. The fourth-order valence-corrected chi connectivity index (χ4v) is 9.55. The van der Waals surface area contributed by atoms with Gasteiger partial charge in [0.1, 0.15) is 5.75 Å². The van der Waals surface area contributed by atoms with Gasteiger partial charge in [-0.3, -0.25) is 0 Å². The summed E-state index contributed by atoms with van der Waals surface area (Å²) in [6.45, 7) is 4.61. The summed E-state index contributed by atoms with van der Waals surface area (Å²) in [5.41, 5.74) is 13.2. The van der Waals surface area contributed by atoms with Crippen molar-refractivity contribution >= 4 is 33.6 Å². The van der Waals surface area contributed by atoms with Gasteiger partial charge in [0.05, 0.1) is 32.1 Å². The Kier molecular flexibility index (Phi) is 6.80. The molecule has 0 spiro atoms. The van der Waals surface area contributed by atoms with E-state index < -0.39 is 0 Å². The molecule has 5 heteroatoms. The first-order chi connectivity index (χ1) is 26.5. The predicted molar refractivity (Wildman–Crippen MR) is 221 cm³/mol. The minimum absolute atomic E-state index is 0.114. The lowest BCUT2D eigenvalue weighted by Gasteiger charge is -2.26. The SMILES string of the molecule is CC1(C)c2ccccc2-c2c1ccc1c2Oc2c(cccc2-c2ncc(-c3ccccc3)c(-c3ccc(-n4c5ccccc5c5ccccc54)cc3)n2)S1. The van der Waals surface area contributed by atoms with E-state index in [0.29, 0.717) is 5.82 Å². The fourth-order valence-electron chi connectivity index (χ4n) is 8.55. The highest BCUT2D eigenvalue weighted by molar-refractivity contribution is 7.99. The van der Waals surface area contributed by atoms with Crippen LogP contribution in [0.25, 0.3) is 72.4 Å². The molecule has 3 heterocycles. The molecule has 0 radical (unpaired) electrons. The van der Waals surface area contributed by atoms with Crippen LogP contribution in [0.4, 0.5) is 0 Å². The molecule has 0 amide bonds. The van der Waals surface area contributed by atoms with Gasteiger partial charge in [0, 0.05) is 44.8 Å². The van der Waals surface area contributed by atoms with Crippen LogP contribution in [0, 0.1) is 0 Å². The van der Waals surface area contributed by atoms with E-state index in [0.717, 1.165) is 54.9 Å². The minimum Gasteiger partial charge on any atom is -0.454 e. The van der Waals surface area contributed by atoms with Crippen LogP contribution in [-0.4, -0.2) is 14.5 Å². The zero-order chi connectivity index (χ0) is 36.0. The minimum atomic E-state index is -0.114. The van der Waals surface area contributed by atoms with Crippen molar-refractivity contribution in [3.05, 3.63) is 175 Å². The first-order valence-corrected chi connectivity index (χ1v) is 19.1. The lowest BCUT2D eigenvalue weighted by atomic mass is 9.82. The smallest absolute Gasteiger partial charge is 0.163 e. The number of aromatic nitrogens is 3. The second kappa shape index (κ2) is 11.8. The molecule has 9 aromatic rings. The van der Waals surface area contributed by atoms with Crippen LogP contribution < -0.4 is 4.74 Å². The van der Waals surface area contributed by atoms with Gasteiger partial charge < -0.3 is 9.30 Å². The molecule has 256 valence electrons. The van der Waals surface area contributed by atoms with E-state index in [1.54, 1.807) is 11.8 Å². The van der Waals surface area contributed by atoms with Gasteiger partial charge in [0.15, 0.2) is 11.6 Å². The molecule has 0 saturated heterocycles. The van der Waals surface area contributed by atoms with Gasteiger partial charge in [-0.25, -0.2) is 9.97 Å². The van der Waals surface area contributed by atoms with Gasteiger partial charge >= 0.3 is 0 Å². The van der Waals surface area contributed by atoms with Crippen LogP contribution in [0.15, 0.2) is 174 Å². The van der Waals surface area contributed by atoms with Crippen molar-refractivity contribution in [1.82, 2.24) is 14.5 Å². The largest absolute Gasteiger partial charge is 0.454 e. The van der Waals surface area contributed by atoms with Crippen LogP contribution in [0.2, 0.25) is 0 Å². The number of ether oxygens (including phenoxy) is 1. The van der Waals surface area contributed by atoms with Crippen LogP contribution in [-0.2, 0) is 5.41 Å². The summed E-state index contributed by atoms with van der Waals surface area (Å²) in [7, 11) is 0. The molecule has 0 unspecified atom stereocenters. The fraction of sp³-hybridized carbons (Fsp3) is 0.0612. The molecule has 0 bridgehead atoms. The number of nitrogens with zero attached hydrogens (tertiary/aromatic N) is 3. The quantitative estimate of drug-likeness (QED) is 0.182. The highest BCUT2D eigenvalue weighted by atomic mass is 32.2. The van der Waals surface area contributed by atoms with E-state index in [9.17, 15) is 0 Å². The molecular weight excluding hydrogens is 679 g/mol. The van der Waals surface area contributed by atoms with Crippen LogP contribution in [0.1, 0.15) is 25.0 Å². The molecule has 1 aliphatic carbocycles. The summed E-state index contributed by atoms with van der Waals surface area (Å²) in [6.07, 6.45) is 1.97. The Hall–Kier alpha value is -6.43. The Morgan fingerprint density at radius 3 is 1.98 bits per heavy atom. The maximum atomic E-state index is 7.04. The van der Waals surface area contributed by atoms with E-state index in [1.807, 2.05) is 12.3 Å². The Labute approximate surface area is 317 Å². The molecule has 0 atom stereocenters. The summed E-state index contributed by atoms with van der Waals surface area (Å²) >= 11 is 1.75. The lowest BCUT2D eigenvalue weighted by Crippen LogP contribution is -2.15. The molecular formula is C49H33N3OS. The van der Waals surface area contributed by atoms with E-state index in [2.05, 4.69) is 170 Å². The van der Waals surface area contributed by atoms with Gasteiger partial charge in [-0.05, 0) is 64.7 Å². The highest BCUT2D eigenvalue weighted by Crippen LogP contribution is 2.59. The van der Waals surface area contributed by atoms with Crippen molar-refractivity contribution in [2.45, 2.75) is 29.1 Å². The Balaban J connectivity index is 1.04. The average molecular weight is 712 g/mol. The maximum absolute atomic E-state index is 7.04. The Bertz CT molecular complexity index is 2910. The molecule has 0 fully saturated rings. The second-order valence-electron chi connectivity index (χ2n) is 14.6. The molecule has 0 N–H and O–H groups in total. The van der Waals surface area contributed by atoms with Crippen molar-refractivity contribution in [2.24, 2.45) is 0 Å². The zero-order valence-corrected chi connectivity index (χ0v) is 30.6. The molecule has 2 aromatic heterocycles. The first kappa shape index (κ1) is 31.1. The summed E-state index contributed by atoms with van der Waals surface area (Å²) < 4.78 is 9.38. The monoisotopic (exact) mass is 711 g/mol. The maximum Gasteiger partial charge on any atom is 0.163 e. The molecule has 1 aliphatic heterocycles. The van der Waals surface area contributed by atoms with Crippen molar-refractivity contribution < 1.29 is 4.74 Å². The molecule has 2 aliphatic rings. The van der Waals surface area contributed by atoms with Gasteiger partial charge in [-0.1, -0.05) is 141 Å². The lowest BCUT2D eigenvalue weighted by molar-refractivity contribution is 0.457. The van der Waals surface area contributed by atoms with Crippen molar-refractivity contribution in [1.29, 1.82) is 0 Å². The van der Waals surface area contributed by atoms with Gasteiger partial charge in [-0.15, -0.1) is 0 Å². The van der Waals surface area contributed by atoms with Crippen molar-refractivity contribution in [3.63, 3.8) is 0 Å². The van der Waals surface area contributed by atoms with Crippen LogP contribution in [0.3, 0.4) is 0 Å². The van der Waals surface area contributed by atoms with Gasteiger partial charge in [0.2, 0.25) is 0 Å². The van der Waals surface area contributed by atoms with Crippen molar-refractivity contribution in [3.8, 4) is 62.1 Å². The third kappa shape index (κ3) is 4.58. The third-order valence-electron chi connectivity index (χ3n) is 11.2. The number of fused-ring (bicyclic) bond motifs is 9. The normalized spacial score (nSPS) is 13.6. The number of para-hydroxylation sites is 3. The number of benzene rings is 7. The van der Waals surface area contributed by atoms with Crippen LogP contribution >= 0.6 is 11.8 Å². The summed E-state index contributed by atoms with van der Waals surface area (Å²) in [4.78, 5) is 12.6. The van der Waals surface area contributed by atoms with E-state index >= 15 is 0 Å². The van der Waals surface area contributed by atoms with Crippen molar-refractivity contribution in [2.75, 3.05) is 0 Å². The summed E-state index contributed by atoms with van der Waals surface area (Å²) in [5.74, 6) is 2.34. The van der Waals surface area contributed by atoms with E-state index in [4.69, 9.17) is 14.7 Å². The molecule has 54 heavy (non-hydrogen) atoms. The third-order valence-corrected chi connectivity index (χ3v) is 12.2. The highest BCUT2D eigenvalue weighted by Gasteiger charge is 2.39. The first-order valence-electron chi connectivity index (χ1n) is 18.3. The molecule has 0 saturated carbocycles. The topological polar surface area (TPSA) is 39.9 Å². The summed E-state index contributed by atoms with van der Waals surface area (Å²) in [5, 5.41) is 2.49.